The zero-order valence-electron chi connectivity index (χ0n) is 12.5. The molecule has 0 aliphatic heterocycles. The van der Waals surface area contributed by atoms with Crippen molar-refractivity contribution in [3.05, 3.63) is 51.3 Å². The number of nitrogens with one attached hydrogen (secondary N) is 1. The maximum atomic E-state index is 11.9. The lowest BCUT2D eigenvalue weighted by molar-refractivity contribution is 0.561. The first-order valence-corrected chi connectivity index (χ1v) is 7.01. The van der Waals surface area contributed by atoms with Crippen LogP contribution in [-0.4, -0.2) is 25.2 Å². The summed E-state index contributed by atoms with van der Waals surface area (Å²) in [6, 6.07) is 0. The second-order valence-corrected chi connectivity index (χ2v) is 5.10. The summed E-state index contributed by atoms with van der Waals surface area (Å²) >= 11 is 0. The van der Waals surface area contributed by atoms with Crippen molar-refractivity contribution in [2.75, 3.05) is 6.54 Å². The predicted octanol–water partition coefficient (Wildman–Crippen LogP) is -0.149. The third-order valence-corrected chi connectivity index (χ3v) is 3.41. The number of aromatic nitrogens is 4. The molecule has 0 atom stereocenters. The number of rotatable bonds is 7. The van der Waals surface area contributed by atoms with Crippen molar-refractivity contribution in [1.82, 2.24) is 24.0 Å². The standard InChI is InChI=1S/C14H21N5O2/c1-17-10-12(13(20)18(2)14(17)21)9-15-5-3-4-7-19-8-6-16-11-19/h6,8,10-11,15H,3-5,7,9H2,1-2H3. The molecule has 0 unspecified atom stereocenters. The van der Waals surface area contributed by atoms with E-state index in [9.17, 15) is 9.59 Å². The van der Waals surface area contributed by atoms with Crippen molar-refractivity contribution >= 4 is 0 Å². The fraction of sp³-hybridized carbons (Fsp3) is 0.500. The van der Waals surface area contributed by atoms with Crippen LogP contribution in [0.1, 0.15) is 18.4 Å². The highest BCUT2D eigenvalue weighted by Crippen LogP contribution is 1.95. The van der Waals surface area contributed by atoms with E-state index in [2.05, 4.69) is 10.3 Å². The van der Waals surface area contributed by atoms with Crippen LogP contribution in [0.4, 0.5) is 0 Å². The summed E-state index contributed by atoms with van der Waals surface area (Å²) < 4.78 is 4.61. The summed E-state index contributed by atoms with van der Waals surface area (Å²) in [5.41, 5.74) is 0.0716. The molecule has 1 N–H and O–H groups in total. The van der Waals surface area contributed by atoms with Gasteiger partial charge in [0.15, 0.2) is 0 Å². The quantitative estimate of drug-likeness (QED) is 0.720. The van der Waals surface area contributed by atoms with Crippen molar-refractivity contribution in [1.29, 1.82) is 0 Å². The van der Waals surface area contributed by atoms with Crippen molar-refractivity contribution < 1.29 is 0 Å². The van der Waals surface area contributed by atoms with Crippen LogP contribution in [0, 0.1) is 0 Å². The van der Waals surface area contributed by atoms with Gasteiger partial charge in [0, 0.05) is 51.3 Å². The molecule has 21 heavy (non-hydrogen) atoms. The molecule has 0 aromatic carbocycles. The number of hydrogen-bond acceptors (Lipinski definition) is 4. The number of nitrogens with zero attached hydrogens (tertiary/aromatic N) is 4. The molecule has 114 valence electrons. The number of aryl methyl sites for hydroxylation is 2. The molecule has 0 radical (unpaired) electrons. The minimum absolute atomic E-state index is 0.232. The van der Waals surface area contributed by atoms with Gasteiger partial charge >= 0.3 is 5.69 Å². The zero-order valence-corrected chi connectivity index (χ0v) is 12.5. The van der Waals surface area contributed by atoms with Crippen molar-refractivity contribution in [2.24, 2.45) is 14.1 Å². The molecular weight excluding hydrogens is 270 g/mol. The Kier molecular flexibility index (Phi) is 5.10. The van der Waals surface area contributed by atoms with Crippen molar-refractivity contribution in [3.8, 4) is 0 Å². The van der Waals surface area contributed by atoms with E-state index in [-0.39, 0.29) is 11.2 Å². The normalized spacial score (nSPS) is 11.0. The molecule has 0 amide bonds. The Hall–Kier alpha value is -2.15. The molecular formula is C14H21N5O2. The van der Waals surface area contributed by atoms with Crippen molar-refractivity contribution in [2.45, 2.75) is 25.9 Å². The number of hydrogen-bond donors (Lipinski definition) is 1. The first kappa shape index (κ1) is 15.2. The van der Waals surface area contributed by atoms with Crippen LogP contribution in [0.5, 0.6) is 0 Å². The minimum atomic E-state index is -0.302. The lowest BCUT2D eigenvalue weighted by atomic mass is 10.3. The Balaban J connectivity index is 1.76. The van der Waals surface area contributed by atoms with E-state index in [1.54, 1.807) is 19.4 Å². The first-order valence-electron chi connectivity index (χ1n) is 7.01. The molecule has 0 aliphatic rings. The highest BCUT2D eigenvalue weighted by Gasteiger charge is 2.05. The van der Waals surface area contributed by atoms with E-state index in [0.717, 1.165) is 30.5 Å². The molecule has 0 saturated heterocycles. The molecule has 2 rings (SSSR count). The third kappa shape index (κ3) is 3.91. The smallest absolute Gasteiger partial charge is 0.330 e. The Labute approximate surface area is 122 Å². The molecule has 2 heterocycles. The van der Waals surface area contributed by atoms with E-state index >= 15 is 0 Å². The minimum Gasteiger partial charge on any atom is -0.337 e. The van der Waals surface area contributed by atoms with Gasteiger partial charge < -0.3 is 14.5 Å². The van der Waals surface area contributed by atoms with E-state index in [0.29, 0.717) is 12.1 Å². The summed E-state index contributed by atoms with van der Waals surface area (Å²) in [5.74, 6) is 0. The molecule has 0 bridgehead atoms. The monoisotopic (exact) mass is 291 g/mol. The predicted molar refractivity (Wildman–Crippen MR) is 80.1 cm³/mol. The van der Waals surface area contributed by atoms with Gasteiger partial charge in [0.25, 0.3) is 5.56 Å². The summed E-state index contributed by atoms with van der Waals surface area (Å²) in [6.07, 6.45) is 9.19. The van der Waals surface area contributed by atoms with Crippen LogP contribution in [0.3, 0.4) is 0 Å². The zero-order chi connectivity index (χ0) is 15.2. The number of unbranched alkanes of at least 4 members (excludes halogenated alkanes) is 1. The van der Waals surface area contributed by atoms with E-state index in [4.69, 9.17) is 0 Å². The lowest BCUT2D eigenvalue weighted by Gasteiger charge is -2.08. The summed E-state index contributed by atoms with van der Waals surface area (Å²) in [4.78, 5) is 27.5. The molecule has 7 nitrogen and oxygen atoms in total. The van der Waals surface area contributed by atoms with Crippen LogP contribution in [0.25, 0.3) is 0 Å². The molecule has 0 saturated carbocycles. The van der Waals surface area contributed by atoms with E-state index in [1.807, 2.05) is 17.1 Å². The Morgan fingerprint density at radius 3 is 2.76 bits per heavy atom. The molecule has 0 spiro atoms. The van der Waals surface area contributed by atoms with Crippen LogP contribution in [-0.2, 0) is 27.2 Å². The number of imidazole rings is 1. The molecule has 2 aromatic heterocycles. The van der Waals surface area contributed by atoms with Gasteiger partial charge in [-0.2, -0.15) is 0 Å². The van der Waals surface area contributed by atoms with Gasteiger partial charge in [0.05, 0.1) is 6.33 Å². The Morgan fingerprint density at radius 1 is 1.24 bits per heavy atom. The summed E-state index contributed by atoms with van der Waals surface area (Å²) in [7, 11) is 3.15. The van der Waals surface area contributed by atoms with Crippen molar-refractivity contribution in [3.63, 3.8) is 0 Å². The van der Waals surface area contributed by atoms with E-state index in [1.165, 1.54) is 11.6 Å². The second-order valence-electron chi connectivity index (χ2n) is 5.10. The summed E-state index contributed by atoms with van der Waals surface area (Å²) in [5, 5.41) is 3.24. The highest BCUT2D eigenvalue weighted by molar-refractivity contribution is 5.05. The topological polar surface area (TPSA) is 73.8 Å². The van der Waals surface area contributed by atoms with E-state index < -0.39 is 0 Å². The molecule has 0 fully saturated rings. The van der Waals surface area contributed by atoms with Gasteiger partial charge in [-0.1, -0.05) is 0 Å². The van der Waals surface area contributed by atoms with Gasteiger partial charge in [-0.3, -0.25) is 9.36 Å². The Bertz CT molecular complexity index is 684. The van der Waals surface area contributed by atoms with Crippen LogP contribution in [0.15, 0.2) is 34.5 Å². The molecule has 2 aromatic rings. The average molecular weight is 291 g/mol. The van der Waals surface area contributed by atoms with Gasteiger partial charge in [-0.25, -0.2) is 9.78 Å². The van der Waals surface area contributed by atoms with Gasteiger partial charge in [0.1, 0.15) is 0 Å². The van der Waals surface area contributed by atoms with Crippen LogP contribution < -0.4 is 16.6 Å². The summed E-state index contributed by atoms with van der Waals surface area (Å²) in [6.45, 7) is 2.26. The maximum Gasteiger partial charge on any atom is 0.330 e. The lowest BCUT2D eigenvalue weighted by Crippen LogP contribution is -2.39. The second kappa shape index (κ2) is 7.03. The third-order valence-electron chi connectivity index (χ3n) is 3.41. The average Bonchev–Trinajstić information content (AvgIpc) is 2.98. The maximum absolute atomic E-state index is 11.9. The van der Waals surface area contributed by atoms with Gasteiger partial charge in [-0.15, -0.1) is 0 Å². The highest BCUT2D eigenvalue weighted by atomic mass is 16.2. The SMILES string of the molecule is Cn1cc(CNCCCCn2ccnc2)c(=O)n(C)c1=O. The van der Waals surface area contributed by atoms with Crippen LogP contribution in [0.2, 0.25) is 0 Å². The fourth-order valence-electron chi connectivity index (χ4n) is 2.19. The molecule has 0 aliphatic carbocycles. The largest absolute Gasteiger partial charge is 0.337 e. The van der Waals surface area contributed by atoms with Gasteiger partial charge in [0.2, 0.25) is 0 Å². The Morgan fingerprint density at radius 2 is 2.05 bits per heavy atom. The molecule has 7 heteroatoms. The fourth-order valence-corrected chi connectivity index (χ4v) is 2.19. The van der Waals surface area contributed by atoms with Gasteiger partial charge in [-0.05, 0) is 19.4 Å². The first-order chi connectivity index (χ1) is 10.1. The van der Waals surface area contributed by atoms with Crippen LogP contribution >= 0.6 is 0 Å².